The average molecular weight is 292 g/mol. The predicted octanol–water partition coefficient (Wildman–Crippen LogP) is 4.18. The zero-order chi connectivity index (χ0) is 14.1. The molecule has 0 N–H and O–H groups in total. The molecule has 1 aliphatic carbocycles. The van der Waals surface area contributed by atoms with Crippen molar-refractivity contribution in [3.63, 3.8) is 0 Å². The van der Waals surface area contributed by atoms with Crippen molar-refractivity contribution < 1.29 is 4.52 Å². The molecule has 4 heteroatoms. The lowest BCUT2D eigenvalue weighted by molar-refractivity contribution is 0.223. The van der Waals surface area contributed by atoms with Gasteiger partial charge >= 0.3 is 0 Å². The second-order valence-electron chi connectivity index (χ2n) is 5.98. The minimum atomic E-state index is -0.614. The fourth-order valence-electron chi connectivity index (χ4n) is 3.51. The van der Waals surface area contributed by atoms with Gasteiger partial charge in [-0.2, -0.15) is 0 Å². The molecule has 0 aromatic heterocycles. The van der Waals surface area contributed by atoms with Crippen molar-refractivity contribution in [3.05, 3.63) is 35.9 Å². The molecule has 0 bridgehead atoms. The number of rotatable bonds is 3. The Kier molecular flexibility index (Phi) is 4.42. The molecule has 0 radical (unpaired) electrons. The first-order valence-electron chi connectivity index (χ1n) is 7.66. The Morgan fingerprint density at radius 3 is 2.15 bits per heavy atom. The van der Waals surface area contributed by atoms with E-state index in [9.17, 15) is 0 Å². The highest BCUT2D eigenvalue weighted by Crippen LogP contribution is 2.57. The average Bonchev–Trinajstić information content (AvgIpc) is 2.74. The van der Waals surface area contributed by atoms with Gasteiger partial charge in [-0.05, 0) is 39.4 Å². The third kappa shape index (κ3) is 2.65. The fourth-order valence-corrected chi connectivity index (χ4v) is 5.71. The molecule has 3 atom stereocenters. The van der Waals surface area contributed by atoms with Crippen LogP contribution in [-0.4, -0.2) is 35.5 Å². The Morgan fingerprint density at radius 2 is 1.60 bits per heavy atom. The van der Waals surface area contributed by atoms with E-state index in [1.807, 2.05) is 0 Å². The summed E-state index contributed by atoms with van der Waals surface area (Å²) in [5.41, 5.74) is 1.27. The van der Waals surface area contributed by atoms with Gasteiger partial charge in [-0.1, -0.05) is 43.2 Å². The number of nitrogens with zero attached hydrogens (tertiary/aromatic N) is 2. The van der Waals surface area contributed by atoms with Gasteiger partial charge in [0.25, 0.3) is 0 Å². The van der Waals surface area contributed by atoms with Crippen molar-refractivity contribution in [1.82, 2.24) is 9.34 Å². The van der Waals surface area contributed by atoms with Crippen LogP contribution in [0.15, 0.2) is 30.3 Å². The van der Waals surface area contributed by atoms with Gasteiger partial charge in [-0.15, -0.1) is 0 Å². The van der Waals surface area contributed by atoms with Crippen molar-refractivity contribution in [2.24, 2.45) is 0 Å². The molecule has 20 heavy (non-hydrogen) atoms. The first-order chi connectivity index (χ1) is 9.68. The van der Waals surface area contributed by atoms with Crippen LogP contribution >= 0.6 is 8.45 Å². The first kappa shape index (κ1) is 14.5. The van der Waals surface area contributed by atoms with E-state index in [1.165, 1.54) is 31.2 Å². The van der Waals surface area contributed by atoms with E-state index in [0.29, 0.717) is 12.1 Å². The summed E-state index contributed by atoms with van der Waals surface area (Å²) in [6.45, 7) is 2.17. The molecule has 1 aliphatic heterocycles. The minimum absolute atomic E-state index is 0.160. The molecule has 0 amide bonds. The molecule has 1 unspecified atom stereocenters. The van der Waals surface area contributed by atoms with Gasteiger partial charge in [0.1, 0.15) is 0 Å². The van der Waals surface area contributed by atoms with Gasteiger partial charge in [-0.25, -0.2) is 9.34 Å². The smallest absolute Gasteiger partial charge is 0.188 e. The third-order valence-corrected chi connectivity index (χ3v) is 6.89. The summed E-state index contributed by atoms with van der Waals surface area (Å²) in [7, 11) is 3.88. The Labute approximate surface area is 123 Å². The normalized spacial score (nSPS) is 30.4. The van der Waals surface area contributed by atoms with Crippen LogP contribution in [0.4, 0.5) is 0 Å². The van der Waals surface area contributed by atoms with Crippen LogP contribution < -0.4 is 0 Å². The molecule has 3 rings (SSSR count). The fraction of sp³-hybridized carbons (Fsp3) is 0.625. The summed E-state index contributed by atoms with van der Waals surface area (Å²) >= 11 is 0. The summed E-state index contributed by atoms with van der Waals surface area (Å²) in [6.07, 6.45) is 5.56. The second kappa shape index (κ2) is 6.11. The molecular formula is C16H25N2OP. The summed E-state index contributed by atoms with van der Waals surface area (Å²) in [5, 5.41) is 0. The Morgan fingerprint density at radius 1 is 1.05 bits per heavy atom. The Bertz CT molecular complexity index is 423. The monoisotopic (exact) mass is 292 g/mol. The number of hydrogen-bond donors (Lipinski definition) is 0. The van der Waals surface area contributed by atoms with E-state index >= 15 is 0 Å². The highest BCUT2D eigenvalue weighted by Gasteiger charge is 2.46. The third-order valence-electron chi connectivity index (χ3n) is 4.71. The minimum Gasteiger partial charge on any atom is -0.323 e. The molecule has 2 fully saturated rings. The van der Waals surface area contributed by atoms with Crippen LogP contribution in [0.3, 0.4) is 0 Å². The van der Waals surface area contributed by atoms with Crippen molar-refractivity contribution >= 4 is 8.45 Å². The molecule has 0 spiro atoms. The lowest BCUT2D eigenvalue weighted by Gasteiger charge is -2.28. The number of hydrogen-bond acceptors (Lipinski definition) is 3. The van der Waals surface area contributed by atoms with Crippen LogP contribution in [0.1, 0.15) is 44.3 Å². The molecule has 1 aromatic carbocycles. The van der Waals surface area contributed by atoms with Crippen molar-refractivity contribution in [1.29, 1.82) is 0 Å². The van der Waals surface area contributed by atoms with Crippen LogP contribution in [0.25, 0.3) is 0 Å². The van der Waals surface area contributed by atoms with Crippen molar-refractivity contribution in [3.8, 4) is 0 Å². The molecule has 1 aromatic rings. The topological polar surface area (TPSA) is 15.7 Å². The lowest BCUT2D eigenvalue weighted by Crippen LogP contribution is -2.37. The maximum Gasteiger partial charge on any atom is 0.188 e. The van der Waals surface area contributed by atoms with Crippen LogP contribution in [-0.2, 0) is 4.52 Å². The second-order valence-corrected chi connectivity index (χ2v) is 7.96. The Hall–Kier alpha value is -0.470. The van der Waals surface area contributed by atoms with E-state index < -0.39 is 8.45 Å². The predicted molar refractivity (Wildman–Crippen MR) is 84.4 cm³/mol. The molecule has 1 heterocycles. The zero-order valence-electron chi connectivity index (χ0n) is 12.7. The van der Waals surface area contributed by atoms with Crippen LogP contribution in [0.2, 0.25) is 0 Å². The number of likely N-dealkylation sites (N-methyl/N-ethyl adjacent to an activating group) is 2. The molecule has 1 saturated carbocycles. The SMILES string of the molecule is CC(OP1N(C)[C@@H]2CCCC[C@H]2N1C)c1ccccc1. The largest absolute Gasteiger partial charge is 0.323 e. The van der Waals surface area contributed by atoms with E-state index in [0.717, 1.165) is 0 Å². The zero-order valence-corrected chi connectivity index (χ0v) is 13.6. The van der Waals surface area contributed by atoms with E-state index in [1.54, 1.807) is 0 Å². The van der Waals surface area contributed by atoms with E-state index in [2.05, 4.69) is 60.7 Å². The molecular weight excluding hydrogens is 267 g/mol. The molecule has 110 valence electrons. The maximum absolute atomic E-state index is 6.43. The molecule has 3 nitrogen and oxygen atoms in total. The van der Waals surface area contributed by atoms with E-state index in [4.69, 9.17) is 4.52 Å². The van der Waals surface area contributed by atoms with Crippen molar-refractivity contribution in [2.75, 3.05) is 14.1 Å². The summed E-state index contributed by atoms with van der Waals surface area (Å²) in [5.74, 6) is 0. The van der Waals surface area contributed by atoms with E-state index in [-0.39, 0.29) is 6.10 Å². The van der Waals surface area contributed by atoms with Gasteiger partial charge in [0.2, 0.25) is 0 Å². The van der Waals surface area contributed by atoms with Gasteiger partial charge in [0.05, 0.1) is 6.10 Å². The van der Waals surface area contributed by atoms with Crippen molar-refractivity contribution in [2.45, 2.75) is 50.8 Å². The summed E-state index contributed by atoms with van der Waals surface area (Å²) in [6, 6.07) is 11.9. The van der Waals surface area contributed by atoms with Crippen LogP contribution in [0, 0.1) is 0 Å². The van der Waals surface area contributed by atoms with Gasteiger partial charge in [0.15, 0.2) is 8.45 Å². The highest BCUT2D eigenvalue weighted by atomic mass is 31.2. The lowest BCUT2D eigenvalue weighted by atomic mass is 9.91. The van der Waals surface area contributed by atoms with Gasteiger partial charge in [-0.3, -0.25) is 0 Å². The molecule has 2 aliphatic rings. The quantitative estimate of drug-likeness (QED) is 0.777. The van der Waals surface area contributed by atoms with Gasteiger partial charge in [0, 0.05) is 12.1 Å². The summed E-state index contributed by atoms with van der Waals surface area (Å²) < 4.78 is 11.4. The standard InChI is InChI=1S/C16H25N2OP/c1-13(14-9-5-4-6-10-14)19-20-17(2)15-11-7-8-12-16(15)18(20)3/h4-6,9-10,13,15-16H,7-8,11-12H2,1-3H3/t13?,15-,16-/m1/s1. The Balaban J connectivity index is 1.70. The number of benzene rings is 1. The molecule has 1 saturated heterocycles. The maximum atomic E-state index is 6.43. The highest BCUT2D eigenvalue weighted by molar-refractivity contribution is 7.47. The van der Waals surface area contributed by atoms with Gasteiger partial charge < -0.3 is 4.52 Å². The number of fused-ring (bicyclic) bond motifs is 1. The summed E-state index contributed by atoms with van der Waals surface area (Å²) in [4.78, 5) is 0. The van der Waals surface area contributed by atoms with Crippen LogP contribution in [0.5, 0.6) is 0 Å². The first-order valence-corrected chi connectivity index (χ1v) is 8.82.